The number of rotatable bonds is 6. The van der Waals surface area contributed by atoms with Crippen LogP contribution in [-0.4, -0.2) is 28.0 Å². The standard InChI is InChI=1S/C22H21Cl2N5O2/c23-17-7-4-8-18(19(17)24)27-21-20(29(30)31)22(26-14-25-21)28-11-9-16(10-12-28)13-15-5-2-1-3-6-15/h1-8,14,16H,9-13H2,(H,25,26,27). The first-order chi connectivity index (χ1) is 15.0. The van der Waals surface area contributed by atoms with Gasteiger partial charge in [-0.2, -0.15) is 0 Å². The van der Waals surface area contributed by atoms with E-state index >= 15 is 0 Å². The fraction of sp³-hybridized carbons (Fsp3) is 0.273. The molecule has 0 saturated carbocycles. The normalized spacial score (nSPS) is 14.5. The van der Waals surface area contributed by atoms with Crippen molar-refractivity contribution in [2.75, 3.05) is 23.3 Å². The van der Waals surface area contributed by atoms with Gasteiger partial charge < -0.3 is 10.2 Å². The molecule has 1 aromatic heterocycles. The molecule has 1 aliphatic rings. The second-order valence-corrected chi connectivity index (χ2v) is 8.28. The van der Waals surface area contributed by atoms with Crippen LogP contribution in [0.15, 0.2) is 54.9 Å². The van der Waals surface area contributed by atoms with E-state index in [1.165, 1.54) is 11.9 Å². The lowest BCUT2D eigenvalue weighted by Gasteiger charge is -2.32. The number of nitrogens with one attached hydrogen (secondary N) is 1. The zero-order valence-electron chi connectivity index (χ0n) is 16.7. The molecule has 31 heavy (non-hydrogen) atoms. The first-order valence-corrected chi connectivity index (χ1v) is 10.8. The van der Waals surface area contributed by atoms with Crippen LogP contribution >= 0.6 is 23.2 Å². The fourth-order valence-corrected chi connectivity index (χ4v) is 4.23. The van der Waals surface area contributed by atoms with Gasteiger partial charge in [0.2, 0.25) is 11.6 Å². The number of benzene rings is 2. The second kappa shape index (κ2) is 9.49. The van der Waals surface area contributed by atoms with Gasteiger partial charge in [-0.3, -0.25) is 10.1 Å². The van der Waals surface area contributed by atoms with Crippen molar-refractivity contribution in [2.45, 2.75) is 19.3 Å². The Morgan fingerprint density at radius 3 is 2.52 bits per heavy atom. The molecule has 4 rings (SSSR count). The van der Waals surface area contributed by atoms with Gasteiger partial charge in [-0.25, -0.2) is 9.97 Å². The average Bonchev–Trinajstić information content (AvgIpc) is 2.78. The molecule has 3 aromatic rings. The van der Waals surface area contributed by atoms with Crippen LogP contribution in [0.5, 0.6) is 0 Å². The Morgan fingerprint density at radius 1 is 1.06 bits per heavy atom. The fourth-order valence-electron chi connectivity index (χ4n) is 3.88. The van der Waals surface area contributed by atoms with Crippen LogP contribution in [0.3, 0.4) is 0 Å². The predicted molar refractivity (Wildman–Crippen MR) is 124 cm³/mol. The lowest BCUT2D eigenvalue weighted by Crippen LogP contribution is -2.35. The predicted octanol–water partition coefficient (Wildman–Crippen LogP) is 5.89. The summed E-state index contributed by atoms with van der Waals surface area (Å²) in [5.41, 5.74) is 1.60. The third-order valence-corrected chi connectivity index (χ3v) is 6.29. The maximum Gasteiger partial charge on any atom is 0.353 e. The van der Waals surface area contributed by atoms with Crippen molar-refractivity contribution in [1.29, 1.82) is 0 Å². The van der Waals surface area contributed by atoms with Crippen molar-refractivity contribution in [1.82, 2.24) is 9.97 Å². The SMILES string of the molecule is O=[N+]([O-])c1c(Nc2cccc(Cl)c2Cl)ncnc1N1CCC(Cc2ccccc2)CC1. The van der Waals surface area contributed by atoms with Crippen LogP contribution in [0.1, 0.15) is 18.4 Å². The summed E-state index contributed by atoms with van der Waals surface area (Å²) in [5.74, 6) is 0.951. The number of anilines is 3. The highest BCUT2D eigenvalue weighted by atomic mass is 35.5. The van der Waals surface area contributed by atoms with E-state index in [4.69, 9.17) is 23.2 Å². The van der Waals surface area contributed by atoms with Crippen LogP contribution in [0.25, 0.3) is 0 Å². The van der Waals surface area contributed by atoms with E-state index in [9.17, 15) is 10.1 Å². The second-order valence-electron chi connectivity index (χ2n) is 7.50. The zero-order valence-corrected chi connectivity index (χ0v) is 18.2. The van der Waals surface area contributed by atoms with E-state index < -0.39 is 4.92 Å². The highest BCUT2D eigenvalue weighted by Crippen LogP contribution is 2.38. The van der Waals surface area contributed by atoms with Gasteiger partial charge in [0.25, 0.3) is 0 Å². The highest BCUT2D eigenvalue weighted by molar-refractivity contribution is 6.43. The highest BCUT2D eigenvalue weighted by Gasteiger charge is 2.30. The van der Waals surface area contributed by atoms with Crippen molar-refractivity contribution in [2.24, 2.45) is 5.92 Å². The quantitative estimate of drug-likeness (QED) is 0.366. The Bertz CT molecular complexity index is 1070. The Balaban J connectivity index is 1.53. The van der Waals surface area contributed by atoms with Gasteiger partial charge in [0, 0.05) is 13.1 Å². The summed E-state index contributed by atoms with van der Waals surface area (Å²) in [5, 5.41) is 15.5. The summed E-state index contributed by atoms with van der Waals surface area (Å²) in [7, 11) is 0. The van der Waals surface area contributed by atoms with Crippen molar-refractivity contribution in [3.8, 4) is 0 Å². The van der Waals surface area contributed by atoms with Crippen molar-refractivity contribution >= 4 is 46.2 Å². The number of nitrogens with zero attached hydrogens (tertiary/aromatic N) is 4. The summed E-state index contributed by atoms with van der Waals surface area (Å²) in [6.07, 6.45) is 4.23. The lowest BCUT2D eigenvalue weighted by molar-refractivity contribution is -0.383. The van der Waals surface area contributed by atoms with E-state index in [-0.39, 0.29) is 16.5 Å². The van der Waals surface area contributed by atoms with Crippen LogP contribution in [0.2, 0.25) is 10.0 Å². The third-order valence-electron chi connectivity index (χ3n) is 5.47. The van der Waals surface area contributed by atoms with Gasteiger partial charge in [-0.1, -0.05) is 59.6 Å². The van der Waals surface area contributed by atoms with Gasteiger partial charge in [0.1, 0.15) is 6.33 Å². The first-order valence-electron chi connectivity index (χ1n) is 10.0. The third kappa shape index (κ3) is 4.89. The molecule has 1 aliphatic heterocycles. The molecule has 7 nitrogen and oxygen atoms in total. The summed E-state index contributed by atoms with van der Waals surface area (Å²) in [4.78, 5) is 21.8. The van der Waals surface area contributed by atoms with Crippen LogP contribution in [-0.2, 0) is 6.42 Å². The van der Waals surface area contributed by atoms with Gasteiger partial charge in [-0.05, 0) is 42.9 Å². The summed E-state index contributed by atoms with van der Waals surface area (Å²) in [6.45, 7) is 1.40. The number of aromatic nitrogens is 2. The molecule has 0 bridgehead atoms. The maximum absolute atomic E-state index is 11.9. The molecule has 0 amide bonds. The van der Waals surface area contributed by atoms with Gasteiger partial charge >= 0.3 is 5.69 Å². The lowest BCUT2D eigenvalue weighted by atomic mass is 9.90. The minimum Gasteiger partial charge on any atom is -0.351 e. The smallest absolute Gasteiger partial charge is 0.351 e. The largest absolute Gasteiger partial charge is 0.353 e. The molecule has 2 heterocycles. The topological polar surface area (TPSA) is 84.2 Å². The van der Waals surface area contributed by atoms with Gasteiger partial charge in [-0.15, -0.1) is 0 Å². The van der Waals surface area contributed by atoms with E-state index in [0.29, 0.717) is 35.5 Å². The number of halogens is 2. The molecule has 0 aliphatic carbocycles. The molecule has 0 unspecified atom stereocenters. The van der Waals surface area contributed by atoms with Crippen LogP contribution < -0.4 is 10.2 Å². The molecule has 1 N–H and O–H groups in total. The molecule has 1 fully saturated rings. The average molecular weight is 458 g/mol. The summed E-state index contributed by atoms with van der Waals surface area (Å²) in [6, 6.07) is 15.4. The Hall–Kier alpha value is -2.90. The molecule has 0 radical (unpaired) electrons. The van der Waals surface area contributed by atoms with E-state index in [2.05, 4.69) is 39.6 Å². The van der Waals surface area contributed by atoms with Gasteiger partial charge in [0.05, 0.1) is 20.7 Å². The van der Waals surface area contributed by atoms with Gasteiger partial charge in [0.15, 0.2) is 0 Å². The molecule has 0 atom stereocenters. The number of piperidine rings is 1. The Morgan fingerprint density at radius 2 is 1.81 bits per heavy atom. The molecule has 160 valence electrons. The number of hydrogen-bond acceptors (Lipinski definition) is 6. The van der Waals surface area contributed by atoms with Crippen LogP contribution in [0, 0.1) is 16.0 Å². The molecule has 0 spiro atoms. The summed E-state index contributed by atoms with van der Waals surface area (Å²) >= 11 is 12.3. The molecule has 9 heteroatoms. The number of nitro groups is 1. The van der Waals surface area contributed by atoms with E-state index in [0.717, 1.165) is 19.3 Å². The minimum atomic E-state index is -0.452. The molecular formula is C22H21Cl2N5O2. The maximum atomic E-state index is 11.9. The van der Waals surface area contributed by atoms with Crippen molar-refractivity contribution < 1.29 is 4.92 Å². The number of hydrogen-bond donors (Lipinski definition) is 1. The first kappa shape index (κ1) is 21.3. The van der Waals surface area contributed by atoms with Crippen molar-refractivity contribution in [3.63, 3.8) is 0 Å². The minimum absolute atomic E-state index is 0.0885. The Kier molecular flexibility index (Phi) is 6.53. The van der Waals surface area contributed by atoms with Crippen LogP contribution in [0.4, 0.5) is 23.0 Å². The Labute approximate surface area is 190 Å². The molecule has 2 aromatic carbocycles. The van der Waals surface area contributed by atoms with E-state index in [1.54, 1.807) is 18.2 Å². The zero-order chi connectivity index (χ0) is 21.8. The summed E-state index contributed by atoms with van der Waals surface area (Å²) < 4.78 is 0. The molecule has 1 saturated heterocycles. The molecular weight excluding hydrogens is 437 g/mol. The van der Waals surface area contributed by atoms with Crippen molar-refractivity contribution in [3.05, 3.63) is 80.6 Å². The monoisotopic (exact) mass is 457 g/mol. The van der Waals surface area contributed by atoms with E-state index in [1.807, 2.05) is 11.0 Å².